The largest absolute Gasteiger partial charge is 0.405 e. The summed E-state index contributed by atoms with van der Waals surface area (Å²) in [7, 11) is 3.90. The van der Waals surface area contributed by atoms with Crippen molar-refractivity contribution in [2.45, 2.75) is 37.3 Å². The van der Waals surface area contributed by atoms with E-state index in [4.69, 9.17) is 0 Å². The summed E-state index contributed by atoms with van der Waals surface area (Å²) >= 11 is 1.08. The zero-order valence-corrected chi connectivity index (χ0v) is 16.8. The van der Waals surface area contributed by atoms with Crippen molar-refractivity contribution in [2.24, 2.45) is 0 Å². The summed E-state index contributed by atoms with van der Waals surface area (Å²) < 4.78 is 38.6. The third kappa shape index (κ3) is 6.52. The molecule has 2 rings (SSSR count). The summed E-state index contributed by atoms with van der Waals surface area (Å²) in [6.07, 6.45) is -3.61. The molecule has 1 aromatic heterocycles. The second-order valence-electron chi connectivity index (χ2n) is 6.48. The zero-order valence-electron chi connectivity index (χ0n) is 16.0. The van der Waals surface area contributed by atoms with E-state index in [1.807, 2.05) is 66.1 Å². The number of halogens is 3. The summed E-state index contributed by atoms with van der Waals surface area (Å²) in [5, 5.41) is 10.9. The number of carbonyl (C=O) groups is 1. The minimum atomic E-state index is -4.43. The van der Waals surface area contributed by atoms with Crippen LogP contribution in [0.4, 0.5) is 13.2 Å². The average molecular weight is 415 g/mol. The Hall–Kier alpha value is -2.07. The van der Waals surface area contributed by atoms with Crippen LogP contribution in [-0.4, -0.2) is 58.1 Å². The van der Waals surface area contributed by atoms with Crippen molar-refractivity contribution in [2.75, 3.05) is 26.4 Å². The van der Waals surface area contributed by atoms with Crippen LogP contribution in [0, 0.1) is 0 Å². The van der Waals surface area contributed by atoms with E-state index >= 15 is 0 Å². The SMILES string of the molecule is CC[C@@H](c1nnc(SCC(=O)NCC(F)(F)F)n1Cc1ccccc1)N(C)C. The molecule has 0 aliphatic carbocycles. The molecule has 0 fully saturated rings. The smallest absolute Gasteiger partial charge is 0.346 e. The molecular formula is C18H24F3N5OS. The third-order valence-electron chi connectivity index (χ3n) is 4.06. The summed E-state index contributed by atoms with van der Waals surface area (Å²) in [5.74, 6) is -0.103. The number of aromatic nitrogens is 3. The van der Waals surface area contributed by atoms with E-state index in [1.54, 1.807) is 0 Å². The minimum Gasteiger partial charge on any atom is -0.346 e. The van der Waals surface area contributed by atoms with E-state index in [0.717, 1.165) is 29.6 Å². The fourth-order valence-corrected chi connectivity index (χ4v) is 3.50. The maximum Gasteiger partial charge on any atom is 0.405 e. The Morgan fingerprint density at radius 1 is 1.25 bits per heavy atom. The number of carbonyl (C=O) groups excluding carboxylic acids is 1. The van der Waals surface area contributed by atoms with Gasteiger partial charge in [-0.3, -0.25) is 9.69 Å². The third-order valence-corrected chi connectivity index (χ3v) is 5.02. The van der Waals surface area contributed by atoms with Gasteiger partial charge in [0.1, 0.15) is 6.54 Å². The number of thioether (sulfide) groups is 1. The predicted molar refractivity (Wildman–Crippen MR) is 102 cm³/mol. The average Bonchev–Trinajstić information content (AvgIpc) is 3.01. The van der Waals surface area contributed by atoms with E-state index in [-0.39, 0.29) is 11.8 Å². The molecule has 0 radical (unpaired) electrons. The van der Waals surface area contributed by atoms with Gasteiger partial charge in [-0.15, -0.1) is 10.2 Å². The monoisotopic (exact) mass is 415 g/mol. The van der Waals surface area contributed by atoms with Crippen LogP contribution in [0.15, 0.2) is 35.5 Å². The molecule has 1 aromatic carbocycles. The highest BCUT2D eigenvalue weighted by atomic mass is 32.2. The Morgan fingerprint density at radius 3 is 2.50 bits per heavy atom. The molecule has 0 spiro atoms. The van der Waals surface area contributed by atoms with Crippen molar-refractivity contribution in [1.82, 2.24) is 25.0 Å². The first-order valence-electron chi connectivity index (χ1n) is 8.81. The molecule has 0 bridgehead atoms. The second kappa shape index (κ2) is 9.92. The van der Waals surface area contributed by atoms with Gasteiger partial charge in [-0.1, -0.05) is 49.0 Å². The molecule has 0 saturated heterocycles. The number of amides is 1. The maximum absolute atomic E-state index is 12.2. The molecule has 1 amide bonds. The molecule has 0 saturated carbocycles. The number of benzene rings is 1. The number of alkyl halides is 3. The molecule has 1 heterocycles. The molecule has 1 atom stereocenters. The van der Waals surface area contributed by atoms with Gasteiger partial charge in [-0.05, 0) is 26.1 Å². The normalized spacial score (nSPS) is 13.0. The highest BCUT2D eigenvalue weighted by Crippen LogP contribution is 2.26. The lowest BCUT2D eigenvalue weighted by atomic mass is 10.2. The molecule has 0 unspecified atom stereocenters. The fraction of sp³-hybridized carbons (Fsp3) is 0.500. The van der Waals surface area contributed by atoms with Crippen molar-refractivity contribution in [3.8, 4) is 0 Å². The quantitative estimate of drug-likeness (QED) is 0.638. The van der Waals surface area contributed by atoms with Crippen molar-refractivity contribution in [1.29, 1.82) is 0 Å². The number of hydrogen-bond donors (Lipinski definition) is 1. The summed E-state index contributed by atoms with van der Waals surface area (Å²) in [4.78, 5) is 13.8. The van der Waals surface area contributed by atoms with Gasteiger partial charge in [0.2, 0.25) is 5.91 Å². The van der Waals surface area contributed by atoms with E-state index in [2.05, 4.69) is 10.2 Å². The van der Waals surface area contributed by atoms with Crippen LogP contribution in [0.3, 0.4) is 0 Å². The highest BCUT2D eigenvalue weighted by molar-refractivity contribution is 7.99. The van der Waals surface area contributed by atoms with Gasteiger partial charge < -0.3 is 9.88 Å². The first kappa shape index (κ1) is 22.2. The van der Waals surface area contributed by atoms with Gasteiger partial charge in [0.15, 0.2) is 11.0 Å². The number of nitrogens with one attached hydrogen (secondary N) is 1. The maximum atomic E-state index is 12.2. The van der Waals surface area contributed by atoms with Gasteiger partial charge in [0.05, 0.1) is 18.3 Å². The van der Waals surface area contributed by atoms with Gasteiger partial charge in [-0.25, -0.2) is 0 Å². The Bertz CT molecular complexity index is 764. The van der Waals surface area contributed by atoms with Crippen LogP contribution in [-0.2, 0) is 11.3 Å². The Kier molecular flexibility index (Phi) is 7.88. The van der Waals surface area contributed by atoms with Gasteiger partial charge in [-0.2, -0.15) is 13.2 Å². The molecule has 28 heavy (non-hydrogen) atoms. The van der Waals surface area contributed by atoms with Crippen LogP contribution >= 0.6 is 11.8 Å². The van der Waals surface area contributed by atoms with Gasteiger partial charge >= 0.3 is 6.18 Å². The van der Waals surface area contributed by atoms with E-state index < -0.39 is 18.6 Å². The molecule has 0 aliphatic rings. The van der Waals surface area contributed by atoms with E-state index in [1.165, 1.54) is 0 Å². The van der Waals surface area contributed by atoms with E-state index in [0.29, 0.717) is 11.7 Å². The second-order valence-corrected chi connectivity index (χ2v) is 7.42. The van der Waals surface area contributed by atoms with Crippen molar-refractivity contribution >= 4 is 17.7 Å². The Balaban J connectivity index is 2.18. The first-order chi connectivity index (χ1) is 13.2. The summed E-state index contributed by atoms with van der Waals surface area (Å²) in [5.41, 5.74) is 1.04. The minimum absolute atomic E-state index is 0.0321. The van der Waals surface area contributed by atoms with Crippen LogP contribution in [0.5, 0.6) is 0 Å². The first-order valence-corrected chi connectivity index (χ1v) is 9.79. The predicted octanol–water partition coefficient (Wildman–Crippen LogP) is 3.11. The van der Waals surface area contributed by atoms with Crippen LogP contribution < -0.4 is 5.32 Å². The molecule has 6 nitrogen and oxygen atoms in total. The molecular weight excluding hydrogens is 391 g/mol. The Morgan fingerprint density at radius 2 is 1.93 bits per heavy atom. The van der Waals surface area contributed by atoms with Crippen molar-refractivity contribution in [3.63, 3.8) is 0 Å². The summed E-state index contributed by atoms with van der Waals surface area (Å²) in [6, 6.07) is 9.77. The van der Waals surface area contributed by atoms with E-state index in [9.17, 15) is 18.0 Å². The fourth-order valence-electron chi connectivity index (χ4n) is 2.73. The lowest BCUT2D eigenvalue weighted by molar-refractivity contribution is -0.136. The van der Waals surface area contributed by atoms with Gasteiger partial charge in [0, 0.05) is 0 Å². The lowest BCUT2D eigenvalue weighted by Gasteiger charge is -2.23. The zero-order chi connectivity index (χ0) is 20.7. The standard InChI is InChI=1S/C18H24F3N5OS/c1-4-14(25(2)3)16-23-24-17(26(16)10-13-8-6-5-7-9-13)28-11-15(27)22-12-18(19,20)21/h5-9,14H,4,10-12H2,1-3H3,(H,22,27)/t14-/m0/s1. The van der Waals surface area contributed by atoms with Crippen LogP contribution in [0.1, 0.15) is 30.8 Å². The molecule has 2 aromatic rings. The van der Waals surface area contributed by atoms with Crippen LogP contribution in [0.2, 0.25) is 0 Å². The topological polar surface area (TPSA) is 63.1 Å². The number of nitrogens with zero attached hydrogens (tertiary/aromatic N) is 4. The summed E-state index contributed by atoms with van der Waals surface area (Å²) in [6.45, 7) is 1.22. The molecule has 10 heteroatoms. The number of hydrogen-bond acceptors (Lipinski definition) is 5. The lowest BCUT2D eigenvalue weighted by Crippen LogP contribution is -2.34. The highest BCUT2D eigenvalue weighted by Gasteiger charge is 2.28. The van der Waals surface area contributed by atoms with Crippen molar-refractivity contribution in [3.05, 3.63) is 41.7 Å². The molecule has 0 aliphatic heterocycles. The number of rotatable bonds is 9. The molecule has 1 N–H and O–H groups in total. The molecule has 154 valence electrons. The van der Waals surface area contributed by atoms with Gasteiger partial charge in [0.25, 0.3) is 0 Å². The van der Waals surface area contributed by atoms with Crippen molar-refractivity contribution < 1.29 is 18.0 Å². The van der Waals surface area contributed by atoms with Crippen LogP contribution in [0.25, 0.3) is 0 Å². The Labute approximate surface area is 166 Å².